The predicted molar refractivity (Wildman–Crippen MR) is 98.2 cm³/mol. The lowest BCUT2D eigenvalue weighted by Gasteiger charge is -2.42. The van der Waals surface area contributed by atoms with E-state index >= 15 is 0 Å². The summed E-state index contributed by atoms with van der Waals surface area (Å²) in [7, 11) is 1.74. The first-order chi connectivity index (χ1) is 13.1. The summed E-state index contributed by atoms with van der Waals surface area (Å²) in [4.78, 5) is 17.1. The lowest BCUT2D eigenvalue weighted by Crippen LogP contribution is -2.45. The van der Waals surface area contributed by atoms with Gasteiger partial charge in [0.1, 0.15) is 5.76 Å². The maximum absolute atomic E-state index is 12.8. The van der Waals surface area contributed by atoms with Gasteiger partial charge in [0.2, 0.25) is 0 Å². The van der Waals surface area contributed by atoms with E-state index < -0.39 is 0 Å². The average Bonchev–Trinajstić information content (AvgIpc) is 3.39. The predicted octanol–water partition coefficient (Wildman–Crippen LogP) is 2.58. The third kappa shape index (κ3) is 3.66. The molecule has 27 heavy (non-hydrogen) atoms. The summed E-state index contributed by atoms with van der Waals surface area (Å²) in [5.74, 6) is 1.61. The molecule has 0 bridgehead atoms. The van der Waals surface area contributed by atoms with Gasteiger partial charge in [0, 0.05) is 38.7 Å². The lowest BCUT2D eigenvalue weighted by molar-refractivity contribution is 0.0341. The minimum absolute atomic E-state index is 0.0153. The fraction of sp³-hybridized carbons (Fsp3) is 0.600. The topological polar surface area (TPSA) is 72.0 Å². The quantitative estimate of drug-likeness (QED) is 0.802. The van der Waals surface area contributed by atoms with Gasteiger partial charge in [0.15, 0.2) is 5.76 Å². The smallest absolute Gasteiger partial charge is 0.289 e. The number of hydrogen-bond donors (Lipinski definition) is 0. The van der Waals surface area contributed by atoms with Gasteiger partial charge in [-0.25, -0.2) is 0 Å². The van der Waals surface area contributed by atoms with Gasteiger partial charge >= 0.3 is 0 Å². The molecule has 0 N–H and O–H groups in total. The van der Waals surface area contributed by atoms with Crippen molar-refractivity contribution in [1.29, 1.82) is 0 Å². The van der Waals surface area contributed by atoms with E-state index in [-0.39, 0.29) is 11.3 Å². The Morgan fingerprint density at radius 3 is 2.85 bits per heavy atom. The minimum Gasteiger partial charge on any atom is -0.459 e. The number of furan rings is 1. The Morgan fingerprint density at radius 1 is 1.41 bits per heavy atom. The zero-order chi connectivity index (χ0) is 18.9. The number of hydrogen-bond acceptors (Lipinski definition) is 6. The summed E-state index contributed by atoms with van der Waals surface area (Å²) in [6.45, 7) is 6.92. The summed E-state index contributed by atoms with van der Waals surface area (Å²) in [5, 5.41) is 4.11. The van der Waals surface area contributed by atoms with E-state index in [1.165, 1.54) is 0 Å². The van der Waals surface area contributed by atoms with Gasteiger partial charge in [-0.15, -0.1) is 0 Å². The van der Waals surface area contributed by atoms with Crippen molar-refractivity contribution in [2.45, 2.75) is 26.3 Å². The molecule has 0 saturated carbocycles. The second kappa shape index (κ2) is 7.48. The van der Waals surface area contributed by atoms with Crippen LogP contribution in [0, 0.1) is 18.3 Å². The van der Waals surface area contributed by atoms with Gasteiger partial charge in [-0.3, -0.25) is 9.69 Å². The number of aromatic nitrogens is 1. The first-order valence-electron chi connectivity index (χ1n) is 9.56. The molecule has 1 atom stereocenters. The SMILES string of the molecule is COC[C@H]1CN(C(=O)c2ccco2)CC12CCN(Cc1cc(C)on1)CC2. The van der Waals surface area contributed by atoms with E-state index in [0.29, 0.717) is 18.3 Å². The monoisotopic (exact) mass is 373 g/mol. The summed E-state index contributed by atoms with van der Waals surface area (Å²) in [6.07, 6.45) is 3.66. The molecule has 2 aliphatic rings. The second-order valence-corrected chi connectivity index (χ2v) is 7.88. The average molecular weight is 373 g/mol. The first kappa shape index (κ1) is 18.3. The van der Waals surface area contributed by atoms with E-state index in [1.54, 1.807) is 25.5 Å². The van der Waals surface area contributed by atoms with Gasteiger partial charge in [-0.05, 0) is 50.4 Å². The molecule has 2 saturated heterocycles. The number of methoxy groups -OCH3 is 1. The molecule has 0 unspecified atom stereocenters. The Kier molecular flexibility index (Phi) is 5.06. The van der Waals surface area contributed by atoms with Crippen LogP contribution in [0.4, 0.5) is 0 Å². The van der Waals surface area contributed by atoms with Crippen molar-refractivity contribution in [3.8, 4) is 0 Å². The number of likely N-dealkylation sites (tertiary alicyclic amines) is 2. The van der Waals surface area contributed by atoms with Crippen LogP contribution in [0.15, 0.2) is 33.4 Å². The lowest BCUT2D eigenvalue weighted by atomic mass is 9.71. The number of ether oxygens (including phenoxy) is 1. The molecular formula is C20H27N3O4. The van der Waals surface area contributed by atoms with E-state index in [9.17, 15) is 4.79 Å². The minimum atomic E-state index is -0.0153. The fourth-order valence-corrected chi connectivity index (χ4v) is 4.62. The maximum Gasteiger partial charge on any atom is 0.289 e. The molecule has 2 aromatic heterocycles. The van der Waals surface area contributed by atoms with Crippen molar-refractivity contribution in [1.82, 2.24) is 15.0 Å². The van der Waals surface area contributed by atoms with Crippen molar-refractivity contribution in [3.63, 3.8) is 0 Å². The number of carbonyl (C=O) groups is 1. The second-order valence-electron chi connectivity index (χ2n) is 7.88. The Morgan fingerprint density at radius 2 is 2.22 bits per heavy atom. The molecule has 0 aromatic carbocycles. The maximum atomic E-state index is 12.8. The van der Waals surface area contributed by atoms with Crippen LogP contribution in [-0.4, -0.2) is 60.8 Å². The normalized spacial score (nSPS) is 22.6. The molecular weight excluding hydrogens is 346 g/mol. The molecule has 7 nitrogen and oxygen atoms in total. The van der Waals surface area contributed by atoms with Crippen LogP contribution < -0.4 is 0 Å². The van der Waals surface area contributed by atoms with Crippen LogP contribution in [0.3, 0.4) is 0 Å². The zero-order valence-electron chi connectivity index (χ0n) is 16.0. The molecule has 7 heteroatoms. The summed E-state index contributed by atoms with van der Waals surface area (Å²) < 4.78 is 16.0. The third-order valence-corrected chi connectivity index (χ3v) is 6.11. The van der Waals surface area contributed by atoms with Crippen LogP contribution in [0.1, 0.15) is 34.9 Å². The molecule has 1 spiro atoms. The highest BCUT2D eigenvalue weighted by atomic mass is 16.5. The van der Waals surface area contributed by atoms with Gasteiger partial charge in [0.25, 0.3) is 5.91 Å². The Balaban J connectivity index is 1.42. The Bertz CT molecular complexity index is 762. The summed E-state index contributed by atoms with van der Waals surface area (Å²) >= 11 is 0. The zero-order valence-corrected chi connectivity index (χ0v) is 16.0. The van der Waals surface area contributed by atoms with Crippen molar-refractivity contribution in [2.24, 2.45) is 11.3 Å². The van der Waals surface area contributed by atoms with E-state index in [4.69, 9.17) is 13.7 Å². The summed E-state index contributed by atoms with van der Waals surface area (Å²) in [5.41, 5.74) is 1.10. The standard InChI is InChI=1S/C20H27N3O4/c1-15-10-17(21-27-15)12-22-7-5-20(6-8-22)14-23(11-16(20)13-25-2)19(24)18-4-3-9-26-18/h3-4,9-10,16H,5-8,11-14H2,1-2H3/t16-/m1/s1. The number of nitrogens with zero attached hydrogens (tertiary/aromatic N) is 3. The van der Waals surface area contributed by atoms with Crippen molar-refractivity contribution in [3.05, 3.63) is 41.7 Å². The molecule has 4 heterocycles. The fourth-order valence-electron chi connectivity index (χ4n) is 4.62. The van der Waals surface area contributed by atoms with Gasteiger partial charge in [0.05, 0.1) is 18.6 Å². The van der Waals surface area contributed by atoms with Gasteiger partial charge < -0.3 is 18.6 Å². The molecule has 1 amide bonds. The molecule has 2 aliphatic heterocycles. The summed E-state index contributed by atoms with van der Waals surface area (Å²) in [6, 6.07) is 5.49. The highest BCUT2D eigenvalue weighted by Gasteiger charge is 2.49. The number of piperidine rings is 1. The van der Waals surface area contributed by atoms with E-state index in [0.717, 1.165) is 57.0 Å². The van der Waals surface area contributed by atoms with E-state index in [1.807, 2.05) is 17.9 Å². The molecule has 2 fully saturated rings. The number of carbonyl (C=O) groups excluding carboxylic acids is 1. The van der Waals surface area contributed by atoms with Crippen molar-refractivity contribution >= 4 is 5.91 Å². The molecule has 4 rings (SSSR count). The number of rotatable bonds is 5. The molecule has 0 radical (unpaired) electrons. The van der Waals surface area contributed by atoms with E-state index in [2.05, 4.69) is 10.1 Å². The highest BCUT2D eigenvalue weighted by molar-refractivity contribution is 5.91. The largest absolute Gasteiger partial charge is 0.459 e. The first-order valence-corrected chi connectivity index (χ1v) is 9.56. The molecule has 146 valence electrons. The number of amides is 1. The van der Waals surface area contributed by atoms with Crippen LogP contribution >= 0.6 is 0 Å². The van der Waals surface area contributed by atoms with Crippen LogP contribution in [0.25, 0.3) is 0 Å². The van der Waals surface area contributed by atoms with Crippen LogP contribution in [-0.2, 0) is 11.3 Å². The third-order valence-electron chi connectivity index (χ3n) is 6.11. The Labute approximate surface area is 159 Å². The van der Waals surface area contributed by atoms with Crippen molar-refractivity contribution in [2.75, 3.05) is 39.9 Å². The molecule has 0 aliphatic carbocycles. The van der Waals surface area contributed by atoms with Gasteiger partial charge in [-0.2, -0.15) is 0 Å². The van der Waals surface area contributed by atoms with Gasteiger partial charge in [-0.1, -0.05) is 5.16 Å². The van der Waals surface area contributed by atoms with Crippen LogP contribution in [0.5, 0.6) is 0 Å². The highest BCUT2D eigenvalue weighted by Crippen LogP contribution is 2.45. The Hall–Kier alpha value is -2.12. The van der Waals surface area contributed by atoms with Crippen LogP contribution in [0.2, 0.25) is 0 Å². The van der Waals surface area contributed by atoms with Crippen molar-refractivity contribution < 1.29 is 18.5 Å². The number of aryl methyl sites for hydroxylation is 1. The molecule has 2 aromatic rings.